The normalized spacial score (nSPS) is 18.1. The predicted molar refractivity (Wildman–Crippen MR) is 44.2 cm³/mol. The molecule has 2 nitrogen and oxygen atoms in total. The van der Waals surface area contributed by atoms with Gasteiger partial charge in [-0.1, -0.05) is 6.92 Å². The van der Waals surface area contributed by atoms with E-state index in [0.717, 1.165) is 17.9 Å². The molecule has 1 fully saturated rings. The molecular weight excluding hydrogens is 146 g/mol. The lowest BCUT2D eigenvalue weighted by molar-refractivity contribution is -0.121. The monoisotopic (exact) mass is 159 g/mol. The molecule has 0 atom stereocenters. The molecule has 1 N–H and O–H groups in total. The second kappa shape index (κ2) is 3.86. The number of rotatable bonds is 3. The summed E-state index contributed by atoms with van der Waals surface area (Å²) in [6.07, 6.45) is 1.63. The molecule has 0 aromatic heterocycles. The van der Waals surface area contributed by atoms with Gasteiger partial charge in [-0.3, -0.25) is 4.79 Å². The molecule has 1 amide bonds. The fraction of sp³-hybridized carbons (Fsp3) is 0.857. The van der Waals surface area contributed by atoms with E-state index >= 15 is 0 Å². The summed E-state index contributed by atoms with van der Waals surface area (Å²) < 4.78 is 0. The van der Waals surface area contributed by atoms with Gasteiger partial charge in [0.15, 0.2) is 0 Å². The number of carbonyl (C=O) groups is 1. The highest BCUT2D eigenvalue weighted by molar-refractivity contribution is 8.00. The van der Waals surface area contributed by atoms with Crippen LogP contribution in [0.1, 0.15) is 19.8 Å². The molecule has 0 unspecified atom stereocenters. The Hall–Kier alpha value is -0.180. The summed E-state index contributed by atoms with van der Waals surface area (Å²) in [6.45, 7) is 2.02. The number of hydrogen-bond donors (Lipinski definition) is 1. The zero-order valence-electron chi connectivity index (χ0n) is 6.22. The second-order valence-electron chi connectivity index (χ2n) is 2.55. The first-order valence-electron chi connectivity index (χ1n) is 3.70. The van der Waals surface area contributed by atoms with E-state index in [2.05, 4.69) is 5.32 Å². The van der Waals surface area contributed by atoms with E-state index in [0.29, 0.717) is 12.5 Å². The summed E-state index contributed by atoms with van der Waals surface area (Å²) >= 11 is 1.89. The summed E-state index contributed by atoms with van der Waals surface area (Å²) in [5.74, 6) is 2.43. The van der Waals surface area contributed by atoms with Crippen molar-refractivity contribution in [1.29, 1.82) is 0 Å². The van der Waals surface area contributed by atoms with Crippen molar-refractivity contribution in [3.05, 3.63) is 0 Å². The Morgan fingerprint density at radius 2 is 2.40 bits per heavy atom. The van der Waals surface area contributed by atoms with E-state index in [1.54, 1.807) is 0 Å². The van der Waals surface area contributed by atoms with Gasteiger partial charge in [0.2, 0.25) is 5.91 Å². The third-order valence-electron chi connectivity index (χ3n) is 1.48. The molecular formula is C7H13NOS. The summed E-state index contributed by atoms with van der Waals surface area (Å²) in [5.41, 5.74) is 0. The molecule has 0 bridgehead atoms. The standard InChI is InChI=1S/C7H13NOS/c1-2-3-7(9)8-6-4-10-5-6/h6H,2-5H2,1H3,(H,8,9). The maximum atomic E-state index is 10.9. The summed E-state index contributed by atoms with van der Waals surface area (Å²) in [4.78, 5) is 10.9. The molecule has 0 aliphatic carbocycles. The molecule has 0 aromatic carbocycles. The molecule has 1 aliphatic heterocycles. The number of nitrogens with one attached hydrogen (secondary N) is 1. The SMILES string of the molecule is CCCC(=O)NC1CSC1. The van der Waals surface area contributed by atoms with Gasteiger partial charge in [-0.15, -0.1) is 0 Å². The van der Waals surface area contributed by atoms with Gasteiger partial charge < -0.3 is 5.32 Å². The molecule has 0 saturated carbocycles. The maximum absolute atomic E-state index is 10.9. The van der Waals surface area contributed by atoms with Crippen molar-refractivity contribution in [2.45, 2.75) is 25.8 Å². The minimum atomic E-state index is 0.216. The quantitative estimate of drug-likeness (QED) is 0.666. The number of thioether (sulfide) groups is 1. The lowest BCUT2D eigenvalue weighted by Crippen LogP contribution is -2.43. The Bertz CT molecular complexity index is 123. The zero-order chi connectivity index (χ0) is 7.40. The minimum absolute atomic E-state index is 0.216. The van der Waals surface area contributed by atoms with E-state index in [9.17, 15) is 4.79 Å². The van der Waals surface area contributed by atoms with Gasteiger partial charge in [0.05, 0.1) is 0 Å². The largest absolute Gasteiger partial charge is 0.352 e. The fourth-order valence-corrected chi connectivity index (χ4v) is 1.48. The summed E-state index contributed by atoms with van der Waals surface area (Å²) in [6, 6.07) is 0.476. The molecule has 1 rings (SSSR count). The molecule has 1 aliphatic rings. The van der Waals surface area contributed by atoms with E-state index in [4.69, 9.17) is 0 Å². The Labute approximate surface area is 65.8 Å². The van der Waals surface area contributed by atoms with Gasteiger partial charge in [0.1, 0.15) is 0 Å². The molecule has 1 heterocycles. The first kappa shape index (κ1) is 7.92. The van der Waals surface area contributed by atoms with Crippen LogP contribution >= 0.6 is 11.8 Å². The number of hydrogen-bond acceptors (Lipinski definition) is 2. The van der Waals surface area contributed by atoms with Crippen molar-refractivity contribution in [1.82, 2.24) is 5.32 Å². The van der Waals surface area contributed by atoms with Gasteiger partial charge in [0, 0.05) is 24.0 Å². The highest BCUT2D eigenvalue weighted by Crippen LogP contribution is 2.17. The Morgan fingerprint density at radius 3 is 2.80 bits per heavy atom. The summed E-state index contributed by atoms with van der Waals surface area (Å²) in [7, 11) is 0. The average molecular weight is 159 g/mol. The smallest absolute Gasteiger partial charge is 0.220 e. The van der Waals surface area contributed by atoms with Crippen LogP contribution in [0.4, 0.5) is 0 Å². The van der Waals surface area contributed by atoms with Gasteiger partial charge >= 0.3 is 0 Å². The average Bonchev–Trinajstić information content (AvgIpc) is 1.80. The van der Waals surface area contributed by atoms with Gasteiger partial charge in [-0.25, -0.2) is 0 Å². The third-order valence-corrected chi connectivity index (χ3v) is 2.76. The van der Waals surface area contributed by atoms with Crippen molar-refractivity contribution in [2.75, 3.05) is 11.5 Å². The Morgan fingerprint density at radius 1 is 1.70 bits per heavy atom. The molecule has 0 aromatic rings. The van der Waals surface area contributed by atoms with Crippen LogP contribution in [0, 0.1) is 0 Å². The fourth-order valence-electron chi connectivity index (χ4n) is 0.846. The van der Waals surface area contributed by atoms with Gasteiger partial charge in [-0.2, -0.15) is 11.8 Å². The van der Waals surface area contributed by atoms with Crippen LogP contribution in [0.25, 0.3) is 0 Å². The number of carbonyl (C=O) groups excluding carboxylic acids is 1. The van der Waals surface area contributed by atoms with E-state index in [-0.39, 0.29) is 5.91 Å². The Kier molecular flexibility index (Phi) is 3.06. The molecule has 1 saturated heterocycles. The van der Waals surface area contributed by atoms with Crippen molar-refractivity contribution in [3.8, 4) is 0 Å². The van der Waals surface area contributed by atoms with E-state index < -0.39 is 0 Å². The molecule has 0 spiro atoms. The highest BCUT2D eigenvalue weighted by Gasteiger charge is 2.18. The maximum Gasteiger partial charge on any atom is 0.220 e. The van der Waals surface area contributed by atoms with Crippen LogP contribution in [0.2, 0.25) is 0 Å². The molecule has 3 heteroatoms. The van der Waals surface area contributed by atoms with Crippen molar-refractivity contribution >= 4 is 17.7 Å². The summed E-state index contributed by atoms with van der Waals surface area (Å²) in [5, 5.41) is 2.96. The van der Waals surface area contributed by atoms with Crippen LogP contribution < -0.4 is 5.32 Å². The lowest BCUT2D eigenvalue weighted by atomic mass is 10.3. The predicted octanol–water partition coefficient (Wildman–Crippen LogP) is 1.02. The molecule has 58 valence electrons. The topological polar surface area (TPSA) is 29.1 Å². The molecule has 10 heavy (non-hydrogen) atoms. The van der Waals surface area contributed by atoms with Crippen LogP contribution in [0.15, 0.2) is 0 Å². The van der Waals surface area contributed by atoms with Gasteiger partial charge in [0.25, 0.3) is 0 Å². The minimum Gasteiger partial charge on any atom is -0.352 e. The number of amides is 1. The zero-order valence-corrected chi connectivity index (χ0v) is 7.04. The van der Waals surface area contributed by atoms with Crippen molar-refractivity contribution in [2.24, 2.45) is 0 Å². The second-order valence-corrected chi connectivity index (χ2v) is 3.63. The first-order valence-corrected chi connectivity index (χ1v) is 4.85. The lowest BCUT2D eigenvalue weighted by Gasteiger charge is -2.25. The highest BCUT2D eigenvalue weighted by atomic mass is 32.2. The van der Waals surface area contributed by atoms with Crippen molar-refractivity contribution < 1.29 is 4.79 Å². The third kappa shape index (κ3) is 2.21. The van der Waals surface area contributed by atoms with Crippen LogP contribution in [-0.2, 0) is 4.79 Å². The van der Waals surface area contributed by atoms with Crippen LogP contribution in [0.5, 0.6) is 0 Å². The van der Waals surface area contributed by atoms with Crippen LogP contribution in [0.3, 0.4) is 0 Å². The Balaban J connectivity index is 2.05. The van der Waals surface area contributed by atoms with E-state index in [1.165, 1.54) is 0 Å². The van der Waals surface area contributed by atoms with Gasteiger partial charge in [-0.05, 0) is 6.42 Å². The van der Waals surface area contributed by atoms with E-state index in [1.807, 2.05) is 18.7 Å². The first-order chi connectivity index (χ1) is 4.83. The van der Waals surface area contributed by atoms with Crippen molar-refractivity contribution in [3.63, 3.8) is 0 Å². The molecule has 0 radical (unpaired) electrons. The van der Waals surface area contributed by atoms with Crippen LogP contribution in [-0.4, -0.2) is 23.5 Å².